The van der Waals surface area contributed by atoms with Crippen molar-refractivity contribution in [3.63, 3.8) is 0 Å². The van der Waals surface area contributed by atoms with Crippen LogP contribution in [0.1, 0.15) is 113 Å². The van der Waals surface area contributed by atoms with Gasteiger partial charge in [-0.15, -0.1) is 0 Å². The number of carbonyl (C=O) groups excluding carboxylic acids is 1. The number of likely N-dealkylation sites (N-methyl/N-ethyl adjacent to an activating group) is 1. The number of piperazine rings is 1. The zero-order valence-corrected chi connectivity index (χ0v) is 38.3. The van der Waals surface area contributed by atoms with Crippen LogP contribution in [0.5, 0.6) is 0 Å². The summed E-state index contributed by atoms with van der Waals surface area (Å²) in [5.74, 6) is 0.899. The maximum Gasteiger partial charge on any atom is 0.224 e. The highest BCUT2D eigenvalue weighted by Crippen LogP contribution is 2.36. The first kappa shape index (κ1) is 49.2. The van der Waals surface area contributed by atoms with Gasteiger partial charge in [0.1, 0.15) is 5.82 Å². The summed E-state index contributed by atoms with van der Waals surface area (Å²) in [7, 11) is 2.16. The van der Waals surface area contributed by atoms with E-state index in [0.717, 1.165) is 89.7 Å². The van der Waals surface area contributed by atoms with Crippen LogP contribution in [0.2, 0.25) is 0 Å². The van der Waals surface area contributed by atoms with E-state index in [-0.39, 0.29) is 5.91 Å². The van der Waals surface area contributed by atoms with E-state index in [1.807, 2.05) is 78.8 Å². The van der Waals surface area contributed by atoms with Gasteiger partial charge in [0.25, 0.3) is 0 Å². The molecule has 0 bridgehead atoms. The van der Waals surface area contributed by atoms with Crippen molar-refractivity contribution in [3.8, 4) is 11.1 Å². The van der Waals surface area contributed by atoms with Crippen molar-refractivity contribution in [1.82, 2.24) is 15.1 Å². The quantitative estimate of drug-likeness (QED) is 0.142. The van der Waals surface area contributed by atoms with Crippen LogP contribution >= 0.6 is 0 Å². The Morgan fingerprint density at radius 2 is 1.45 bits per heavy atom. The number of nitrogens with one attached hydrogen (secondary N) is 1. The molecule has 314 valence electrons. The van der Waals surface area contributed by atoms with Crippen LogP contribution in [0.25, 0.3) is 16.7 Å². The number of aliphatic imine (C=N–C) groups is 1. The van der Waals surface area contributed by atoms with Crippen LogP contribution in [-0.4, -0.2) is 60.2 Å². The van der Waals surface area contributed by atoms with Crippen molar-refractivity contribution < 1.29 is 4.79 Å². The minimum absolute atomic E-state index is 0.000213. The third kappa shape index (κ3) is 13.6. The highest BCUT2D eigenvalue weighted by atomic mass is 16.1. The first-order valence-electron chi connectivity index (χ1n) is 21.5. The van der Waals surface area contributed by atoms with Gasteiger partial charge in [-0.1, -0.05) is 159 Å². The third-order valence-corrected chi connectivity index (χ3v) is 10.9. The van der Waals surface area contributed by atoms with E-state index >= 15 is 0 Å². The lowest BCUT2D eigenvalue weighted by Crippen LogP contribution is -2.56. The SMILES string of the molecule is C=C(\C=C(/N=C(C)/C(C1=CC=CCC1)=C(/C)N)N1CCN(C)CC1)c1cccc(C(C)(C)C(C)(C)NC(=O)Cc2ccc(-c3ccccc3)cc2)c1.CC.CC.CC. The van der Waals surface area contributed by atoms with Gasteiger partial charge in [-0.2, -0.15) is 0 Å². The molecule has 6 nitrogen and oxygen atoms in total. The molecule has 1 heterocycles. The van der Waals surface area contributed by atoms with Gasteiger partial charge in [-0.3, -0.25) is 4.79 Å². The number of nitrogens with two attached hydrogens (primary N) is 1. The Hall–Kier alpha value is -4.94. The lowest BCUT2D eigenvalue weighted by molar-refractivity contribution is -0.122. The molecule has 58 heavy (non-hydrogen) atoms. The predicted octanol–water partition coefficient (Wildman–Crippen LogP) is 11.9. The number of allylic oxidation sites excluding steroid dienone is 8. The molecule has 1 aliphatic heterocycles. The van der Waals surface area contributed by atoms with E-state index in [1.54, 1.807) is 0 Å². The van der Waals surface area contributed by atoms with Gasteiger partial charge in [-0.05, 0) is 92.6 Å². The monoisotopic (exact) mass is 786 g/mol. The van der Waals surface area contributed by atoms with Crippen molar-refractivity contribution in [3.05, 3.63) is 149 Å². The molecule has 0 spiro atoms. The number of amides is 1. The summed E-state index contributed by atoms with van der Waals surface area (Å²) in [5.41, 5.74) is 15.8. The number of nitrogens with zero attached hydrogens (tertiary/aromatic N) is 3. The molecule has 1 fully saturated rings. The zero-order valence-electron chi connectivity index (χ0n) is 38.3. The summed E-state index contributed by atoms with van der Waals surface area (Å²) in [4.78, 5) is 23.4. The highest BCUT2D eigenvalue weighted by molar-refractivity contribution is 6.03. The fraction of sp³-hybridized carbons (Fsp3) is 0.423. The third-order valence-electron chi connectivity index (χ3n) is 10.9. The Balaban J connectivity index is 0.00000185. The predicted molar refractivity (Wildman–Crippen MR) is 254 cm³/mol. The van der Waals surface area contributed by atoms with Gasteiger partial charge in [0.15, 0.2) is 0 Å². The molecule has 1 amide bonds. The van der Waals surface area contributed by atoms with Crippen LogP contribution in [0.4, 0.5) is 0 Å². The molecule has 0 radical (unpaired) electrons. The lowest BCUT2D eigenvalue weighted by Gasteiger charge is -2.43. The van der Waals surface area contributed by atoms with E-state index in [9.17, 15) is 4.79 Å². The average Bonchev–Trinajstić information content (AvgIpc) is 3.23. The fourth-order valence-corrected chi connectivity index (χ4v) is 6.93. The second-order valence-corrected chi connectivity index (χ2v) is 15.4. The van der Waals surface area contributed by atoms with Gasteiger partial charge in [0.05, 0.1) is 6.42 Å². The molecule has 1 aliphatic carbocycles. The Morgan fingerprint density at radius 3 is 2.02 bits per heavy atom. The van der Waals surface area contributed by atoms with E-state index < -0.39 is 11.0 Å². The summed E-state index contributed by atoms with van der Waals surface area (Å²) in [6.45, 7) is 32.9. The topological polar surface area (TPSA) is 74.0 Å². The molecule has 3 aromatic carbocycles. The van der Waals surface area contributed by atoms with Crippen LogP contribution < -0.4 is 11.1 Å². The number of carbonyl (C=O) groups is 1. The standard InChI is InChI=1S/C46H57N5O.3C2H6/c1-33(30-42(51-28-26-50(8)27-29-51)48-35(3)44(34(2)47)39-18-13-10-14-19-39)40-20-15-21-41(32-40)45(4,5)46(6,7)49-43(52)31-36-22-24-38(25-23-36)37-16-11-9-12-17-37;3*1-2/h9-13,15-18,20-25,30,32H,1,14,19,26-29,31,47H2,2-8H3,(H,49,52);3*1-2H3/b42-30+,44-34+,48-35+;;;. The Kier molecular flexibility index (Phi) is 20.4. The van der Waals surface area contributed by atoms with Gasteiger partial charge >= 0.3 is 0 Å². The maximum absolute atomic E-state index is 13.4. The van der Waals surface area contributed by atoms with E-state index in [0.29, 0.717) is 6.42 Å². The van der Waals surface area contributed by atoms with Crippen molar-refractivity contribution in [2.75, 3.05) is 33.2 Å². The largest absolute Gasteiger partial charge is 0.402 e. The maximum atomic E-state index is 13.4. The molecule has 0 aromatic heterocycles. The van der Waals surface area contributed by atoms with Crippen molar-refractivity contribution in [2.45, 2.75) is 113 Å². The number of rotatable bonds is 12. The van der Waals surface area contributed by atoms with Crippen LogP contribution in [0.15, 0.2) is 137 Å². The van der Waals surface area contributed by atoms with Gasteiger partial charge < -0.3 is 20.9 Å². The lowest BCUT2D eigenvalue weighted by atomic mass is 9.69. The molecule has 3 aromatic rings. The molecule has 0 unspecified atom stereocenters. The van der Waals surface area contributed by atoms with E-state index in [1.165, 1.54) is 11.1 Å². The summed E-state index contributed by atoms with van der Waals surface area (Å²) < 4.78 is 0. The van der Waals surface area contributed by atoms with E-state index in [2.05, 4.69) is 136 Å². The Bertz CT molecular complexity index is 1900. The van der Waals surface area contributed by atoms with Gasteiger partial charge in [0, 0.05) is 54.1 Å². The molecule has 6 heteroatoms. The number of hydrogen-bond acceptors (Lipinski definition) is 5. The van der Waals surface area contributed by atoms with Crippen molar-refractivity contribution in [2.24, 2.45) is 10.7 Å². The smallest absolute Gasteiger partial charge is 0.224 e. The van der Waals surface area contributed by atoms with Crippen molar-refractivity contribution in [1.29, 1.82) is 0 Å². The summed E-state index contributed by atoms with van der Waals surface area (Å²) in [6, 6.07) is 27.1. The van der Waals surface area contributed by atoms with Gasteiger partial charge in [0.2, 0.25) is 5.91 Å². The van der Waals surface area contributed by atoms with Crippen LogP contribution in [0, 0.1) is 0 Å². The number of benzene rings is 3. The Labute approximate surface area is 353 Å². The molecular formula is C52H75N5O. The molecule has 5 rings (SSSR count). The minimum Gasteiger partial charge on any atom is -0.402 e. The molecule has 3 N–H and O–H groups in total. The summed E-state index contributed by atoms with van der Waals surface area (Å²) in [5, 5.41) is 3.36. The Morgan fingerprint density at radius 1 is 0.845 bits per heavy atom. The summed E-state index contributed by atoms with van der Waals surface area (Å²) >= 11 is 0. The number of hydrogen-bond donors (Lipinski definition) is 2. The first-order valence-corrected chi connectivity index (χ1v) is 21.5. The molecule has 0 saturated carbocycles. The van der Waals surface area contributed by atoms with Crippen molar-refractivity contribution >= 4 is 17.2 Å². The molecule has 0 atom stereocenters. The second-order valence-electron chi connectivity index (χ2n) is 15.4. The zero-order chi connectivity index (χ0) is 43.5. The molecule has 2 aliphatic rings. The summed E-state index contributed by atoms with van der Waals surface area (Å²) in [6.07, 6.45) is 10.9. The second kappa shape index (κ2) is 24.1. The van der Waals surface area contributed by atoms with Crippen LogP contribution in [0.3, 0.4) is 0 Å². The van der Waals surface area contributed by atoms with Gasteiger partial charge in [-0.25, -0.2) is 4.99 Å². The normalized spacial score (nSPS) is 15.3. The fourth-order valence-electron chi connectivity index (χ4n) is 6.93. The molecular weight excluding hydrogens is 711 g/mol. The first-order chi connectivity index (χ1) is 27.7. The average molecular weight is 786 g/mol. The highest BCUT2D eigenvalue weighted by Gasteiger charge is 2.39. The van der Waals surface area contributed by atoms with E-state index in [4.69, 9.17) is 10.7 Å². The van der Waals surface area contributed by atoms with Crippen LogP contribution in [-0.2, 0) is 16.6 Å². The minimum atomic E-state index is -0.540. The molecule has 1 saturated heterocycles.